The van der Waals surface area contributed by atoms with Gasteiger partial charge in [0.1, 0.15) is 5.71 Å². The highest BCUT2D eigenvalue weighted by Crippen LogP contribution is 2.26. The van der Waals surface area contributed by atoms with Gasteiger partial charge in [0, 0.05) is 17.9 Å². The Bertz CT molecular complexity index is 682. The quantitative estimate of drug-likeness (QED) is 0.609. The maximum absolute atomic E-state index is 11.8. The van der Waals surface area contributed by atoms with Crippen molar-refractivity contribution >= 4 is 52.0 Å². The van der Waals surface area contributed by atoms with E-state index in [1.165, 1.54) is 0 Å². The normalized spacial score (nSPS) is 17.8. The van der Waals surface area contributed by atoms with Crippen LogP contribution in [-0.2, 0) is 0 Å². The number of rotatable bonds is 2. The summed E-state index contributed by atoms with van der Waals surface area (Å²) in [4.78, 5) is 17.8. The highest BCUT2D eigenvalue weighted by molar-refractivity contribution is 8.93. The summed E-state index contributed by atoms with van der Waals surface area (Å²) in [5, 5.41) is 6.18. The average Bonchev–Trinajstić information content (AvgIpc) is 2.47. The SMILES string of the molecule is Br.CC(N)=Nc1cccc(C2=NNC(=O)N3CCSC=C23)c1. The fourth-order valence-corrected chi connectivity index (χ4v) is 3.02. The van der Waals surface area contributed by atoms with Gasteiger partial charge in [-0.25, -0.2) is 15.2 Å². The number of thioether (sulfide) groups is 1. The first-order chi connectivity index (χ1) is 10.1. The van der Waals surface area contributed by atoms with Crippen LogP contribution >= 0.6 is 28.7 Å². The number of carbonyl (C=O) groups is 1. The molecule has 0 bridgehead atoms. The summed E-state index contributed by atoms with van der Waals surface area (Å²) in [5.41, 5.74) is 11.4. The molecule has 2 heterocycles. The molecule has 1 aromatic carbocycles. The monoisotopic (exact) mass is 381 g/mol. The molecule has 22 heavy (non-hydrogen) atoms. The van der Waals surface area contributed by atoms with Crippen LogP contribution in [0.15, 0.2) is 45.5 Å². The molecule has 2 amide bonds. The Balaban J connectivity index is 0.00000176. The van der Waals surface area contributed by atoms with E-state index in [0.29, 0.717) is 12.4 Å². The third kappa shape index (κ3) is 3.33. The summed E-state index contributed by atoms with van der Waals surface area (Å²) in [6, 6.07) is 7.45. The second-order valence-corrected chi connectivity index (χ2v) is 5.68. The van der Waals surface area contributed by atoms with E-state index in [0.717, 1.165) is 28.4 Å². The molecule has 0 radical (unpaired) electrons. The zero-order valence-electron chi connectivity index (χ0n) is 11.9. The van der Waals surface area contributed by atoms with E-state index in [9.17, 15) is 4.79 Å². The minimum absolute atomic E-state index is 0. The Hall–Kier alpha value is -1.80. The van der Waals surface area contributed by atoms with E-state index >= 15 is 0 Å². The number of nitrogens with two attached hydrogens (primary N) is 1. The number of halogens is 1. The number of benzene rings is 1. The van der Waals surface area contributed by atoms with Crippen molar-refractivity contribution in [2.75, 3.05) is 12.3 Å². The van der Waals surface area contributed by atoms with Crippen LogP contribution in [0.3, 0.4) is 0 Å². The summed E-state index contributed by atoms with van der Waals surface area (Å²) in [6.07, 6.45) is 0. The Labute approximate surface area is 143 Å². The molecule has 0 atom stereocenters. The van der Waals surface area contributed by atoms with Crippen molar-refractivity contribution in [1.29, 1.82) is 0 Å². The van der Waals surface area contributed by atoms with Crippen LogP contribution in [0.5, 0.6) is 0 Å². The van der Waals surface area contributed by atoms with E-state index in [-0.39, 0.29) is 23.0 Å². The van der Waals surface area contributed by atoms with Gasteiger partial charge in [-0.2, -0.15) is 5.10 Å². The zero-order valence-corrected chi connectivity index (χ0v) is 14.5. The first-order valence-electron chi connectivity index (χ1n) is 6.54. The van der Waals surface area contributed by atoms with E-state index in [1.54, 1.807) is 23.6 Å². The lowest BCUT2D eigenvalue weighted by molar-refractivity contribution is 0.213. The number of hydrazone groups is 1. The van der Waals surface area contributed by atoms with Crippen LogP contribution in [0.2, 0.25) is 0 Å². The molecule has 2 aliphatic rings. The lowest BCUT2D eigenvalue weighted by atomic mass is 10.1. The van der Waals surface area contributed by atoms with Crippen LogP contribution in [0.4, 0.5) is 10.5 Å². The molecule has 3 N–H and O–H groups in total. The third-order valence-electron chi connectivity index (χ3n) is 3.09. The predicted octanol–water partition coefficient (Wildman–Crippen LogP) is 2.59. The number of amides is 2. The molecule has 0 aliphatic carbocycles. The van der Waals surface area contributed by atoms with Gasteiger partial charge in [-0.1, -0.05) is 12.1 Å². The summed E-state index contributed by atoms with van der Waals surface area (Å²) in [5.74, 6) is 1.39. The number of amidine groups is 1. The molecular formula is C14H16BrN5OS. The van der Waals surface area contributed by atoms with Crippen molar-refractivity contribution in [3.8, 4) is 0 Å². The van der Waals surface area contributed by atoms with Crippen molar-refractivity contribution in [2.45, 2.75) is 6.92 Å². The van der Waals surface area contributed by atoms with Gasteiger partial charge in [0.05, 0.1) is 17.2 Å². The number of hydrogen-bond acceptors (Lipinski definition) is 4. The van der Waals surface area contributed by atoms with Crippen LogP contribution in [0, 0.1) is 0 Å². The molecule has 116 valence electrons. The lowest BCUT2D eigenvalue weighted by Crippen LogP contribution is -2.46. The van der Waals surface area contributed by atoms with Crippen molar-refractivity contribution < 1.29 is 4.79 Å². The Morgan fingerprint density at radius 1 is 1.50 bits per heavy atom. The average molecular weight is 382 g/mol. The fraction of sp³-hybridized carbons (Fsp3) is 0.214. The summed E-state index contributed by atoms with van der Waals surface area (Å²) < 4.78 is 0. The predicted molar refractivity (Wildman–Crippen MR) is 96.0 cm³/mol. The van der Waals surface area contributed by atoms with Crippen molar-refractivity contribution in [1.82, 2.24) is 10.3 Å². The molecule has 0 spiro atoms. The molecule has 0 unspecified atom stereocenters. The van der Waals surface area contributed by atoms with Gasteiger partial charge >= 0.3 is 6.03 Å². The number of aliphatic imine (C=N–C) groups is 1. The van der Waals surface area contributed by atoms with Gasteiger partial charge in [-0.15, -0.1) is 28.7 Å². The number of nitrogens with zero attached hydrogens (tertiary/aromatic N) is 3. The van der Waals surface area contributed by atoms with E-state index in [2.05, 4.69) is 15.5 Å². The Morgan fingerprint density at radius 3 is 3.09 bits per heavy atom. The van der Waals surface area contributed by atoms with Gasteiger partial charge in [-0.05, 0) is 24.5 Å². The number of hydrogen-bond donors (Lipinski definition) is 2. The molecule has 0 saturated carbocycles. The zero-order chi connectivity index (χ0) is 14.8. The van der Waals surface area contributed by atoms with Gasteiger partial charge in [0.2, 0.25) is 0 Å². The number of nitrogens with one attached hydrogen (secondary N) is 1. The smallest absolute Gasteiger partial charge is 0.342 e. The third-order valence-corrected chi connectivity index (χ3v) is 3.90. The van der Waals surface area contributed by atoms with Gasteiger partial charge < -0.3 is 5.73 Å². The highest BCUT2D eigenvalue weighted by Gasteiger charge is 2.29. The number of fused-ring (bicyclic) bond motifs is 1. The van der Waals surface area contributed by atoms with Gasteiger partial charge in [-0.3, -0.25) is 4.90 Å². The van der Waals surface area contributed by atoms with Crippen LogP contribution < -0.4 is 11.2 Å². The first-order valence-corrected chi connectivity index (χ1v) is 7.58. The molecule has 3 rings (SSSR count). The van der Waals surface area contributed by atoms with Crippen LogP contribution in [-0.4, -0.2) is 34.8 Å². The standard InChI is InChI=1S/C14H15N5OS.BrH/c1-9(15)16-11-4-2-3-10(7-11)13-12-8-21-6-5-19(12)14(20)18-17-13;/h2-4,7-8H,5-6H2,1H3,(H2,15,16)(H,18,20);1H. The molecule has 1 aromatic rings. The Kier molecular flexibility index (Phi) is 5.25. The molecule has 2 aliphatic heterocycles. The van der Waals surface area contributed by atoms with E-state index in [4.69, 9.17) is 5.73 Å². The lowest BCUT2D eigenvalue weighted by Gasteiger charge is -2.31. The molecule has 0 aromatic heterocycles. The summed E-state index contributed by atoms with van der Waals surface area (Å²) in [6.45, 7) is 2.42. The molecule has 0 saturated heterocycles. The largest absolute Gasteiger partial charge is 0.387 e. The second kappa shape index (κ2) is 6.97. The van der Waals surface area contributed by atoms with Crippen molar-refractivity contribution in [3.63, 3.8) is 0 Å². The fourth-order valence-electron chi connectivity index (χ4n) is 2.22. The Morgan fingerprint density at radius 2 is 2.32 bits per heavy atom. The van der Waals surface area contributed by atoms with Crippen molar-refractivity contribution in [3.05, 3.63) is 40.9 Å². The van der Waals surface area contributed by atoms with E-state index < -0.39 is 0 Å². The van der Waals surface area contributed by atoms with E-state index in [1.807, 2.05) is 29.7 Å². The molecule has 0 fully saturated rings. The maximum atomic E-state index is 11.8. The number of allylic oxidation sites excluding steroid dienone is 1. The number of carbonyl (C=O) groups excluding carboxylic acids is 1. The second-order valence-electron chi connectivity index (χ2n) is 4.71. The first kappa shape index (κ1) is 16.6. The minimum atomic E-state index is -0.183. The van der Waals surface area contributed by atoms with Gasteiger partial charge in [0.25, 0.3) is 0 Å². The number of urea groups is 1. The topological polar surface area (TPSA) is 83.1 Å². The maximum Gasteiger partial charge on any atom is 0.342 e. The molecule has 6 nitrogen and oxygen atoms in total. The molecule has 8 heteroatoms. The van der Waals surface area contributed by atoms with Crippen LogP contribution in [0.1, 0.15) is 12.5 Å². The van der Waals surface area contributed by atoms with Gasteiger partial charge in [0.15, 0.2) is 0 Å². The minimum Gasteiger partial charge on any atom is -0.387 e. The highest BCUT2D eigenvalue weighted by atomic mass is 79.9. The summed E-state index contributed by atoms with van der Waals surface area (Å²) >= 11 is 1.68. The van der Waals surface area contributed by atoms with Crippen molar-refractivity contribution in [2.24, 2.45) is 15.8 Å². The van der Waals surface area contributed by atoms with Crippen LogP contribution in [0.25, 0.3) is 0 Å². The molecular weight excluding hydrogens is 366 g/mol. The summed E-state index contributed by atoms with van der Waals surface area (Å²) in [7, 11) is 0.